The van der Waals surface area contributed by atoms with Gasteiger partial charge in [0.25, 0.3) is 0 Å². The lowest BCUT2D eigenvalue weighted by molar-refractivity contribution is 0.0539. The summed E-state index contributed by atoms with van der Waals surface area (Å²) in [4.78, 5) is 13.5. The molecule has 2 amide bonds. The number of amides is 2. The van der Waals surface area contributed by atoms with Crippen molar-refractivity contribution in [3.63, 3.8) is 0 Å². The molecular formula is C11H18N2O3. The van der Waals surface area contributed by atoms with Crippen LogP contribution in [0.2, 0.25) is 0 Å². The smallest absolute Gasteiger partial charge is 0.321 e. The first kappa shape index (κ1) is 11.4. The van der Waals surface area contributed by atoms with Crippen LogP contribution in [0.4, 0.5) is 4.79 Å². The van der Waals surface area contributed by atoms with E-state index in [2.05, 4.69) is 5.32 Å². The minimum atomic E-state index is -0.0257. The number of hydrogen-bond donors (Lipinski definition) is 1. The molecule has 0 radical (unpaired) electrons. The Hall–Kier alpha value is -1.07. The molecule has 0 saturated carbocycles. The van der Waals surface area contributed by atoms with Gasteiger partial charge >= 0.3 is 6.03 Å². The molecule has 2 aliphatic heterocycles. The van der Waals surface area contributed by atoms with Crippen LogP contribution in [0.25, 0.3) is 0 Å². The van der Waals surface area contributed by atoms with E-state index in [-0.39, 0.29) is 6.03 Å². The lowest BCUT2D eigenvalue weighted by atomic mass is 10.1. The van der Waals surface area contributed by atoms with Crippen LogP contribution in [0.1, 0.15) is 12.8 Å². The number of nitrogens with zero attached hydrogens (tertiary/aromatic N) is 1. The first-order valence-electron chi connectivity index (χ1n) is 5.75. The van der Waals surface area contributed by atoms with Crippen molar-refractivity contribution in [2.75, 3.05) is 39.5 Å². The van der Waals surface area contributed by atoms with Gasteiger partial charge in [0.1, 0.15) is 0 Å². The molecule has 0 aromatic heterocycles. The second kappa shape index (κ2) is 5.86. The van der Waals surface area contributed by atoms with Gasteiger partial charge in [-0.15, -0.1) is 0 Å². The van der Waals surface area contributed by atoms with Gasteiger partial charge in [-0.3, -0.25) is 0 Å². The zero-order valence-electron chi connectivity index (χ0n) is 9.41. The van der Waals surface area contributed by atoms with Gasteiger partial charge in [0.2, 0.25) is 0 Å². The molecular weight excluding hydrogens is 208 g/mol. The Labute approximate surface area is 95.4 Å². The largest absolute Gasteiger partial charge is 0.381 e. The molecule has 2 heterocycles. The van der Waals surface area contributed by atoms with Crippen molar-refractivity contribution >= 4 is 6.03 Å². The maximum Gasteiger partial charge on any atom is 0.321 e. The molecule has 0 aromatic rings. The summed E-state index contributed by atoms with van der Waals surface area (Å²) in [5.74, 6) is 0. The van der Waals surface area contributed by atoms with Crippen LogP contribution >= 0.6 is 0 Å². The Kier molecular flexibility index (Phi) is 4.18. The Balaban J connectivity index is 1.77. The van der Waals surface area contributed by atoms with E-state index >= 15 is 0 Å². The number of morpholine rings is 1. The van der Waals surface area contributed by atoms with Crippen molar-refractivity contribution in [2.24, 2.45) is 0 Å². The highest BCUT2D eigenvalue weighted by Gasteiger charge is 2.15. The summed E-state index contributed by atoms with van der Waals surface area (Å²) in [6.45, 7) is 4.16. The summed E-state index contributed by atoms with van der Waals surface area (Å²) in [5.41, 5.74) is 1.26. The summed E-state index contributed by atoms with van der Waals surface area (Å²) in [7, 11) is 0. The molecule has 0 spiro atoms. The lowest BCUT2D eigenvalue weighted by Gasteiger charge is -2.26. The highest BCUT2D eigenvalue weighted by atomic mass is 16.5. The first-order valence-corrected chi connectivity index (χ1v) is 5.75. The molecule has 5 nitrogen and oxygen atoms in total. The standard InChI is InChI=1S/C11H18N2O3/c14-11(13-3-7-16-8-4-13)12-9-10-1-5-15-6-2-10/h9H,1-8H2,(H,12,14). The third-order valence-corrected chi connectivity index (χ3v) is 2.83. The highest BCUT2D eigenvalue weighted by Crippen LogP contribution is 2.11. The van der Waals surface area contributed by atoms with Gasteiger partial charge in [-0.1, -0.05) is 0 Å². The highest BCUT2D eigenvalue weighted by molar-refractivity contribution is 5.75. The third-order valence-electron chi connectivity index (χ3n) is 2.83. The quantitative estimate of drug-likeness (QED) is 0.717. The van der Waals surface area contributed by atoms with E-state index in [4.69, 9.17) is 9.47 Å². The fourth-order valence-electron chi connectivity index (χ4n) is 1.80. The van der Waals surface area contributed by atoms with Gasteiger partial charge in [0.05, 0.1) is 26.4 Å². The monoisotopic (exact) mass is 226 g/mol. The summed E-state index contributed by atoms with van der Waals surface area (Å²) in [5, 5.41) is 2.84. The normalized spacial score (nSPS) is 21.8. The van der Waals surface area contributed by atoms with Crippen LogP contribution in [0.5, 0.6) is 0 Å². The summed E-state index contributed by atoms with van der Waals surface area (Å²) in [6, 6.07) is -0.0257. The van der Waals surface area contributed by atoms with Crippen molar-refractivity contribution in [2.45, 2.75) is 12.8 Å². The van der Waals surface area contributed by atoms with Gasteiger partial charge < -0.3 is 19.7 Å². The fraction of sp³-hybridized carbons (Fsp3) is 0.727. The number of ether oxygens (including phenoxy) is 2. The van der Waals surface area contributed by atoms with Crippen molar-refractivity contribution in [1.29, 1.82) is 0 Å². The number of urea groups is 1. The molecule has 2 saturated heterocycles. The number of rotatable bonds is 1. The second-order valence-electron chi connectivity index (χ2n) is 3.96. The summed E-state index contributed by atoms with van der Waals surface area (Å²) in [6.07, 6.45) is 3.67. The predicted molar refractivity (Wildman–Crippen MR) is 59.1 cm³/mol. The predicted octanol–water partition coefficient (Wildman–Crippen LogP) is 0.722. The van der Waals surface area contributed by atoms with Crippen molar-refractivity contribution in [1.82, 2.24) is 10.2 Å². The molecule has 0 aromatic carbocycles. The number of carbonyl (C=O) groups is 1. The molecule has 2 rings (SSSR count). The third kappa shape index (κ3) is 3.21. The first-order chi connectivity index (χ1) is 7.86. The molecule has 0 atom stereocenters. The molecule has 0 bridgehead atoms. The molecule has 0 aliphatic carbocycles. The van der Waals surface area contributed by atoms with Crippen LogP contribution < -0.4 is 5.32 Å². The van der Waals surface area contributed by atoms with Gasteiger partial charge in [0.15, 0.2) is 0 Å². The van der Waals surface area contributed by atoms with Crippen molar-refractivity contribution < 1.29 is 14.3 Å². The van der Waals surface area contributed by atoms with E-state index in [9.17, 15) is 4.79 Å². The molecule has 2 fully saturated rings. The molecule has 90 valence electrons. The topological polar surface area (TPSA) is 50.8 Å². The van der Waals surface area contributed by atoms with Crippen molar-refractivity contribution in [3.05, 3.63) is 11.8 Å². The Bertz CT molecular complexity index is 264. The maximum atomic E-state index is 11.7. The number of nitrogens with one attached hydrogen (secondary N) is 1. The lowest BCUT2D eigenvalue weighted by Crippen LogP contribution is -2.44. The molecule has 16 heavy (non-hydrogen) atoms. The van der Waals surface area contributed by atoms with Gasteiger partial charge in [0, 0.05) is 19.3 Å². The van der Waals surface area contributed by atoms with E-state index in [1.165, 1.54) is 5.57 Å². The molecule has 2 aliphatic rings. The fourth-order valence-corrected chi connectivity index (χ4v) is 1.80. The SMILES string of the molecule is O=C(NC=C1CCOCC1)N1CCOCC1. The Morgan fingerprint density at radius 1 is 1.12 bits per heavy atom. The molecule has 1 N–H and O–H groups in total. The molecule has 0 unspecified atom stereocenters. The Morgan fingerprint density at radius 2 is 1.75 bits per heavy atom. The Morgan fingerprint density at radius 3 is 2.44 bits per heavy atom. The van der Waals surface area contributed by atoms with Gasteiger partial charge in [-0.2, -0.15) is 0 Å². The van der Waals surface area contributed by atoms with Crippen LogP contribution in [-0.2, 0) is 9.47 Å². The minimum Gasteiger partial charge on any atom is -0.381 e. The summed E-state index contributed by atoms with van der Waals surface area (Å²) < 4.78 is 10.4. The second-order valence-corrected chi connectivity index (χ2v) is 3.96. The van der Waals surface area contributed by atoms with E-state index in [1.54, 1.807) is 4.90 Å². The van der Waals surface area contributed by atoms with Crippen LogP contribution in [0, 0.1) is 0 Å². The number of hydrogen-bond acceptors (Lipinski definition) is 3. The minimum absolute atomic E-state index is 0.0257. The van der Waals surface area contributed by atoms with Crippen molar-refractivity contribution in [3.8, 4) is 0 Å². The zero-order chi connectivity index (χ0) is 11.2. The van der Waals surface area contributed by atoms with Gasteiger partial charge in [-0.25, -0.2) is 4.79 Å². The maximum absolute atomic E-state index is 11.7. The van der Waals surface area contributed by atoms with E-state index in [0.717, 1.165) is 26.1 Å². The molecule has 5 heteroatoms. The van der Waals surface area contributed by atoms with E-state index < -0.39 is 0 Å². The summed E-state index contributed by atoms with van der Waals surface area (Å²) >= 11 is 0. The average Bonchev–Trinajstić information content (AvgIpc) is 2.38. The number of carbonyl (C=O) groups excluding carboxylic acids is 1. The van der Waals surface area contributed by atoms with Crippen LogP contribution in [0.15, 0.2) is 11.8 Å². The zero-order valence-corrected chi connectivity index (χ0v) is 9.41. The average molecular weight is 226 g/mol. The van der Waals surface area contributed by atoms with E-state index in [1.807, 2.05) is 6.20 Å². The van der Waals surface area contributed by atoms with E-state index in [0.29, 0.717) is 26.3 Å². The van der Waals surface area contributed by atoms with Crippen LogP contribution in [-0.4, -0.2) is 50.4 Å². The van der Waals surface area contributed by atoms with Crippen LogP contribution in [0.3, 0.4) is 0 Å². The van der Waals surface area contributed by atoms with Gasteiger partial charge in [-0.05, 0) is 18.4 Å².